The van der Waals surface area contributed by atoms with Crippen LogP contribution in [-0.4, -0.2) is 46.2 Å². The van der Waals surface area contributed by atoms with Crippen molar-refractivity contribution < 1.29 is 18.0 Å². The fourth-order valence-corrected chi connectivity index (χ4v) is 2.96. The molecule has 3 rings (SSSR count). The standard InChI is InChI=1S/C17H20F3N5O/c18-17(19,20)15(10-12-4-2-1-3-5-12)22-16(26)14-11-25(24-23-14)13-6-8-21-9-7-13/h1-5,11,13,15,21H,6-10H2,(H,22,26). The first-order valence-electron chi connectivity index (χ1n) is 8.47. The number of hydrogen-bond donors (Lipinski definition) is 2. The molecule has 0 bridgehead atoms. The van der Waals surface area contributed by atoms with Gasteiger partial charge in [-0.1, -0.05) is 35.5 Å². The number of carbonyl (C=O) groups is 1. The number of alkyl halides is 3. The van der Waals surface area contributed by atoms with E-state index in [9.17, 15) is 18.0 Å². The van der Waals surface area contributed by atoms with Crippen molar-refractivity contribution in [1.29, 1.82) is 0 Å². The van der Waals surface area contributed by atoms with Crippen molar-refractivity contribution >= 4 is 5.91 Å². The third kappa shape index (κ3) is 4.60. The number of benzene rings is 1. The molecule has 0 aliphatic carbocycles. The minimum Gasteiger partial charge on any atom is -0.339 e. The van der Waals surface area contributed by atoms with E-state index in [0.29, 0.717) is 5.56 Å². The number of nitrogens with zero attached hydrogens (tertiary/aromatic N) is 3. The predicted molar refractivity (Wildman–Crippen MR) is 88.6 cm³/mol. The Labute approximate surface area is 148 Å². The zero-order valence-corrected chi connectivity index (χ0v) is 14.0. The van der Waals surface area contributed by atoms with Crippen molar-refractivity contribution in [3.63, 3.8) is 0 Å². The zero-order valence-electron chi connectivity index (χ0n) is 14.0. The van der Waals surface area contributed by atoms with Crippen LogP contribution in [0.3, 0.4) is 0 Å². The van der Waals surface area contributed by atoms with Gasteiger partial charge in [-0.3, -0.25) is 4.79 Å². The van der Waals surface area contributed by atoms with Crippen molar-refractivity contribution in [2.75, 3.05) is 13.1 Å². The van der Waals surface area contributed by atoms with Crippen molar-refractivity contribution in [3.8, 4) is 0 Å². The number of amides is 1. The summed E-state index contributed by atoms with van der Waals surface area (Å²) in [6.07, 6.45) is -1.80. The smallest absolute Gasteiger partial charge is 0.339 e. The van der Waals surface area contributed by atoms with Crippen LogP contribution in [0.1, 0.15) is 34.9 Å². The lowest BCUT2D eigenvalue weighted by atomic mass is 10.1. The van der Waals surface area contributed by atoms with Crippen LogP contribution in [0.2, 0.25) is 0 Å². The van der Waals surface area contributed by atoms with E-state index < -0.39 is 18.1 Å². The maximum Gasteiger partial charge on any atom is 0.408 e. The molecule has 1 aliphatic rings. The zero-order chi connectivity index (χ0) is 18.6. The van der Waals surface area contributed by atoms with Gasteiger partial charge in [0.25, 0.3) is 5.91 Å². The van der Waals surface area contributed by atoms with Gasteiger partial charge < -0.3 is 10.6 Å². The third-order valence-corrected chi connectivity index (χ3v) is 4.41. The second-order valence-corrected chi connectivity index (χ2v) is 6.32. The fourth-order valence-electron chi connectivity index (χ4n) is 2.96. The van der Waals surface area contributed by atoms with Crippen molar-refractivity contribution in [1.82, 2.24) is 25.6 Å². The van der Waals surface area contributed by atoms with Gasteiger partial charge in [-0.05, 0) is 31.5 Å². The van der Waals surface area contributed by atoms with Crippen LogP contribution >= 0.6 is 0 Å². The van der Waals surface area contributed by atoms with Crippen LogP contribution in [0.4, 0.5) is 13.2 Å². The molecular formula is C17H20F3N5O. The lowest BCUT2D eigenvalue weighted by Gasteiger charge is -2.22. The van der Waals surface area contributed by atoms with E-state index in [-0.39, 0.29) is 18.2 Å². The van der Waals surface area contributed by atoms with Gasteiger partial charge in [-0.2, -0.15) is 13.2 Å². The Morgan fingerprint density at radius 1 is 1.27 bits per heavy atom. The first kappa shape index (κ1) is 18.4. The number of nitrogens with one attached hydrogen (secondary N) is 2. The van der Waals surface area contributed by atoms with E-state index in [1.165, 1.54) is 6.20 Å². The van der Waals surface area contributed by atoms with E-state index in [0.717, 1.165) is 25.9 Å². The molecule has 2 heterocycles. The molecule has 140 valence electrons. The van der Waals surface area contributed by atoms with Gasteiger partial charge in [-0.15, -0.1) is 5.10 Å². The van der Waals surface area contributed by atoms with E-state index in [2.05, 4.69) is 15.6 Å². The van der Waals surface area contributed by atoms with Gasteiger partial charge in [0.15, 0.2) is 5.69 Å². The SMILES string of the molecule is O=C(NC(Cc1ccccc1)C(F)(F)F)c1cn(C2CCNCC2)nn1. The molecule has 1 amide bonds. The number of rotatable bonds is 5. The fraction of sp³-hybridized carbons (Fsp3) is 0.471. The highest BCUT2D eigenvalue weighted by Gasteiger charge is 2.41. The molecule has 0 saturated carbocycles. The summed E-state index contributed by atoms with van der Waals surface area (Å²) in [7, 11) is 0. The highest BCUT2D eigenvalue weighted by atomic mass is 19.4. The van der Waals surface area contributed by atoms with Crippen LogP contribution in [0.25, 0.3) is 0 Å². The largest absolute Gasteiger partial charge is 0.408 e. The van der Waals surface area contributed by atoms with Gasteiger partial charge in [0.1, 0.15) is 6.04 Å². The summed E-state index contributed by atoms with van der Waals surface area (Å²) in [4.78, 5) is 12.2. The molecule has 1 atom stereocenters. The van der Waals surface area contributed by atoms with Gasteiger partial charge in [-0.25, -0.2) is 4.68 Å². The summed E-state index contributed by atoms with van der Waals surface area (Å²) in [6.45, 7) is 1.67. The van der Waals surface area contributed by atoms with Crippen LogP contribution in [-0.2, 0) is 6.42 Å². The molecule has 6 nitrogen and oxygen atoms in total. The second kappa shape index (κ2) is 7.86. The lowest BCUT2D eigenvalue weighted by molar-refractivity contribution is -0.153. The van der Waals surface area contributed by atoms with Crippen LogP contribution in [0.5, 0.6) is 0 Å². The highest BCUT2D eigenvalue weighted by molar-refractivity contribution is 5.92. The Balaban J connectivity index is 1.68. The first-order valence-corrected chi connectivity index (χ1v) is 8.47. The van der Waals surface area contributed by atoms with Gasteiger partial charge in [0.2, 0.25) is 0 Å². The van der Waals surface area contributed by atoms with E-state index in [1.54, 1.807) is 35.0 Å². The molecule has 0 spiro atoms. The maximum absolute atomic E-state index is 13.3. The summed E-state index contributed by atoms with van der Waals surface area (Å²) < 4.78 is 41.5. The summed E-state index contributed by atoms with van der Waals surface area (Å²) in [5.74, 6) is -0.872. The van der Waals surface area contributed by atoms with Crippen LogP contribution in [0, 0.1) is 0 Å². The second-order valence-electron chi connectivity index (χ2n) is 6.32. The Bertz CT molecular complexity index is 725. The van der Waals surface area contributed by atoms with Crippen molar-refractivity contribution in [2.24, 2.45) is 0 Å². The first-order chi connectivity index (χ1) is 12.4. The monoisotopic (exact) mass is 367 g/mol. The average molecular weight is 367 g/mol. The molecule has 1 aromatic carbocycles. The summed E-state index contributed by atoms with van der Waals surface area (Å²) in [6, 6.07) is 6.36. The molecule has 1 saturated heterocycles. The molecule has 1 unspecified atom stereocenters. The number of hydrogen-bond acceptors (Lipinski definition) is 4. The van der Waals surface area contributed by atoms with Gasteiger partial charge in [0.05, 0.1) is 12.2 Å². The average Bonchev–Trinajstić information content (AvgIpc) is 3.12. The normalized spacial score (nSPS) is 17.0. The van der Waals surface area contributed by atoms with Crippen LogP contribution in [0.15, 0.2) is 36.5 Å². The third-order valence-electron chi connectivity index (χ3n) is 4.41. The molecule has 9 heteroatoms. The molecule has 1 aliphatic heterocycles. The minimum atomic E-state index is -4.56. The number of piperidine rings is 1. The molecule has 2 aromatic rings. The quantitative estimate of drug-likeness (QED) is 0.849. The molecule has 2 N–H and O–H groups in total. The van der Waals surface area contributed by atoms with Crippen molar-refractivity contribution in [2.45, 2.75) is 37.5 Å². The minimum absolute atomic E-state index is 0.105. The molecule has 26 heavy (non-hydrogen) atoms. The van der Waals surface area contributed by atoms with E-state index in [1.807, 2.05) is 5.32 Å². The highest BCUT2D eigenvalue weighted by Crippen LogP contribution is 2.24. The van der Waals surface area contributed by atoms with Crippen LogP contribution < -0.4 is 10.6 Å². The summed E-state index contributed by atoms with van der Waals surface area (Å²) in [5, 5.41) is 12.9. The Morgan fingerprint density at radius 3 is 2.62 bits per heavy atom. The summed E-state index contributed by atoms with van der Waals surface area (Å²) in [5.41, 5.74) is 0.388. The Kier molecular flexibility index (Phi) is 5.55. The Morgan fingerprint density at radius 2 is 1.96 bits per heavy atom. The van der Waals surface area contributed by atoms with E-state index >= 15 is 0 Å². The maximum atomic E-state index is 13.3. The molecular weight excluding hydrogens is 347 g/mol. The van der Waals surface area contributed by atoms with E-state index in [4.69, 9.17) is 0 Å². The topological polar surface area (TPSA) is 71.8 Å². The van der Waals surface area contributed by atoms with Gasteiger partial charge in [0, 0.05) is 6.42 Å². The summed E-state index contributed by atoms with van der Waals surface area (Å²) >= 11 is 0. The number of aromatic nitrogens is 3. The molecule has 1 fully saturated rings. The Hall–Kier alpha value is -2.42. The van der Waals surface area contributed by atoms with Gasteiger partial charge >= 0.3 is 6.18 Å². The molecule has 0 radical (unpaired) electrons. The van der Waals surface area contributed by atoms with Crippen molar-refractivity contribution in [3.05, 3.63) is 47.8 Å². The number of halogens is 3. The predicted octanol–water partition coefficient (Wildman–Crippen LogP) is 2.11. The lowest BCUT2D eigenvalue weighted by Crippen LogP contribution is -2.47. The molecule has 1 aromatic heterocycles. The number of carbonyl (C=O) groups excluding carboxylic acids is 1.